The molecule has 0 spiro atoms. The molecule has 0 radical (unpaired) electrons. The molecule has 2 atom stereocenters. The van der Waals surface area contributed by atoms with Gasteiger partial charge < -0.3 is 5.32 Å². The zero-order chi connectivity index (χ0) is 18.6. The van der Waals surface area contributed by atoms with Gasteiger partial charge in [0.25, 0.3) is 0 Å². The summed E-state index contributed by atoms with van der Waals surface area (Å²) in [4.78, 5) is 38.9. The van der Waals surface area contributed by atoms with Gasteiger partial charge in [0.05, 0.1) is 11.8 Å². The molecule has 1 heterocycles. The third kappa shape index (κ3) is 3.11. The Kier molecular flexibility index (Phi) is 4.32. The Hall–Kier alpha value is -1.39. The summed E-state index contributed by atoms with van der Waals surface area (Å²) >= 11 is 0. The van der Waals surface area contributed by atoms with Gasteiger partial charge in [-0.15, -0.1) is 0 Å². The molecule has 0 aromatic heterocycles. The van der Waals surface area contributed by atoms with E-state index in [2.05, 4.69) is 5.32 Å². The predicted molar refractivity (Wildman–Crippen MR) is 100 cm³/mol. The monoisotopic (exact) mass is 372 g/mol. The number of nitrogens with one attached hydrogen (secondary N) is 1. The number of carbonyl (C=O) groups excluding carboxylic acids is 3. The maximum Gasteiger partial charge on any atom is 0.233 e. The van der Waals surface area contributed by atoms with Crippen LogP contribution in [0.15, 0.2) is 0 Å². The average molecular weight is 373 g/mol. The van der Waals surface area contributed by atoms with Crippen molar-refractivity contribution >= 4 is 17.7 Å². The van der Waals surface area contributed by atoms with Crippen molar-refractivity contribution in [3.8, 4) is 0 Å². The summed E-state index contributed by atoms with van der Waals surface area (Å²) in [6.07, 6.45) is 12.1. The van der Waals surface area contributed by atoms with Gasteiger partial charge in [-0.3, -0.25) is 19.3 Å². The van der Waals surface area contributed by atoms with Crippen LogP contribution in [-0.2, 0) is 14.4 Å². The van der Waals surface area contributed by atoms with Gasteiger partial charge in [0.2, 0.25) is 17.7 Å². The van der Waals surface area contributed by atoms with Crippen molar-refractivity contribution in [3.05, 3.63) is 0 Å². The van der Waals surface area contributed by atoms with Gasteiger partial charge in [0.1, 0.15) is 0 Å². The van der Waals surface area contributed by atoms with E-state index in [0.29, 0.717) is 5.41 Å². The summed E-state index contributed by atoms with van der Waals surface area (Å²) < 4.78 is 0. The standard InChI is InChI=1S/C22H32N2O3/c25-19(5-6-24-20(26)17-3-1-2-4-18(17)21(24)27)23-13-22-10-14-7-15(11-22)9-16(8-14)12-22/h14-18H,1-13H2,(H,23,25)/t14?,15?,16?,17-,18-,22?/m0/s1. The molecule has 5 nitrogen and oxygen atoms in total. The zero-order valence-electron chi connectivity index (χ0n) is 16.3. The lowest BCUT2D eigenvalue weighted by atomic mass is 9.49. The van der Waals surface area contributed by atoms with Crippen LogP contribution in [0, 0.1) is 35.0 Å². The molecule has 1 N–H and O–H groups in total. The quantitative estimate of drug-likeness (QED) is 0.755. The molecule has 5 aliphatic carbocycles. The highest BCUT2D eigenvalue weighted by Gasteiger charge is 2.51. The SMILES string of the molecule is O=C(CCN1C(=O)[C@H]2CCCC[C@@H]2C1=O)NCC12CC3CC(CC(C3)C1)C2. The first-order chi connectivity index (χ1) is 13.0. The number of amides is 3. The van der Waals surface area contributed by atoms with Gasteiger partial charge in [-0.2, -0.15) is 0 Å². The number of hydrogen-bond acceptors (Lipinski definition) is 3. The van der Waals surface area contributed by atoms with E-state index in [1.165, 1.54) is 43.4 Å². The summed E-state index contributed by atoms with van der Waals surface area (Å²) in [5, 5.41) is 3.17. The fraction of sp³-hybridized carbons (Fsp3) is 0.864. The van der Waals surface area contributed by atoms with Gasteiger partial charge in [-0.25, -0.2) is 0 Å². The van der Waals surface area contributed by atoms with E-state index in [0.717, 1.165) is 50.0 Å². The number of carbonyl (C=O) groups is 3. The molecule has 3 amide bonds. The van der Waals surface area contributed by atoms with Crippen molar-refractivity contribution in [2.45, 2.75) is 70.6 Å². The summed E-state index contributed by atoms with van der Waals surface area (Å²) in [5.41, 5.74) is 0.332. The highest BCUT2D eigenvalue weighted by atomic mass is 16.2. The van der Waals surface area contributed by atoms with Gasteiger partial charge in [-0.1, -0.05) is 12.8 Å². The van der Waals surface area contributed by atoms with Gasteiger partial charge >= 0.3 is 0 Å². The van der Waals surface area contributed by atoms with Crippen molar-refractivity contribution in [2.75, 3.05) is 13.1 Å². The molecule has 6 aliphatic rings. The third-order valence-electron chi connectivity index (χ3n) is 8.32. The van der Waals surface area contributed by atoms with E-state index in [-0.39, 0.29) is 42.5 Å². The second-order valence-corrected chi connectivity index (χ2v) is 10.3. The molecule has 1 saturated heterocycles. The number of likely N-dealkylation sites (tertiary alicyclic amines) is 1. The Morgan fingerprint density at radius 1 is 0.926 bits per heavy atom. The van der Waals surface area contributed by atoms with E-state index < -0.39 is 0 Å². The molecule has 0 aromatic rings. The van der Waals surface area contributed by atoms with Crippen LogP contribution in [0.3, 0.4) is 0 Å². The molecule has 27 heavy (non-hydrogen) atoms. The molecule has 4 bridgehead atoms. The van der Waals surface area contributed by atoms with E-state index in [1.54, 1.807) is 0 Å². The first-order valence-electron chi connectivity index (χ1n) is 11.1. The minimum Gasteiger partial charge on any atom is -0.355 e. The lowest BCUT2D eigenvalue weighted by molar-refractivity contribution is -0.140. The van der Waals surface area contributed by atoms with E-state index in [9.17, 15) is 14.4 Å². The maximum atomic E-state index is 12.5. The lowest BCUT2D eigenvalue weighted by Gasteiger charge is -2.56. The van der Waals surface area contributed by atoms with E-state index >= 15 is 0 Å². The number of fused-ring (bicyclic) bond motifs is 1. The Morgan fingerprint density at radius 3 is 1.96 bits per heavy atom. The van der Waals surface area contributed by atoms with Crippen LogP contribution in [0.25, 0.3) is 0 Å². The smallest absolute Gasteiger partial charge is 0.233 e. The number of nitrogens with zero attached hydrogens (tertiary/aromatic N) is 1. The first-order valence-corrected chi connectivity index (χ1v) is 11.1. The third-order valence-corrected chi connectivity index (χ3v) is 8.32. The van der Waals surface area contributed by atoms with E-state index in [4.69, 9.17) is 0 Å². The molecule has 0 unspecified atom stereocenters. The molecule has 1 aliphatic heterocycles. The first kappa shape index (κ1) is 17.7. The van der Waals surface area contributed by atoms with Crippen LogP contribution >= 0.6 is 0 Å². The summed E-state index contributed by atoms with van der Waals surface area (Å²) in [5.74, 6) is 2.38. The van der Waals surface area contributed by atoms with E-state index in [1.807, 2.05) is 0 Å². The summed E-state index contributed by atoms with van der Waals surface area (Å²) in [6, 6.07) is 0. The Morgan fingerprint density at radius 2 is 1.44 bits per heavy atom. The van der Waals surface area contributed by atoms with Crippen LogP contribution < -0.4 is 5.32 Å². The molecule has 0 aromatic carbocycles. The maximum absolute atomic E-state index is 12.5. The summed E-state index contributed by atoms with van der Waals surface area (Å²) in [6.45, 7) is 1.06. The van der Waals surface area contributed by atoms with Gasteiger partial charge in [-0.05, 0) is 74.5 Å². The van der Waals surface area contributed by atoms with Crippen LogP contribution in [0.1, 0.15) is 70.6 Å². The largest absolute Gasteiger partial charge is 0.355 e. The second kappa shape index (κ2) is 6.59. The molecular formula is C22H32N2O3. The van der Waals surface area contributed by atoms with Gasteiger partial charge in [0.15, 0.2) is 0 Å². The van der Waals surface area contributed by atoms with Crippen LogP contribution in [0.2, 0.25) is 0 Å². The number of rotatable bonds is 5. The van der Waals surface area contributed by atoms with Crippen LogP contribution in [0.4, 0.5) is 0 Å². The van der Waals surface area contributed by atoms with Crippen molar-refractivity contribution in [1.29, 1.82) is 0 Å². The van der Waals surface area contributed by atoms with Crippen LogP contribution in [-0.4, -0.2) is 35.7 Å². The molecule has 6 rings (SSSR count). The fourth-order valence-corrected chi connectivity index (χ4v) is 7.55. The van der Waals surface area contributed by atoms with Crippen molar-refractivity contribution in [1.82, 2.24) is 10.2 Å². The average Bonchev–Trinajstić information content (AvgIpc) is 2.88. The molecule has 148 valence electrons. The molecule has 5 heteroatoms. The van der Waals surface area contributed by atoms with Crippen LogP contribution in [0.5, 0.6) is 0 Å². The molecule has 5 saturated carbocycles. The molecule has 6 fully saturated rings. The zero-order valence-corrected chi connectivity index (χ0v) is 16.3. The Labute approximate surface area is 161 Å². The predicted octanol–water partition coefficient (Wildman–Crippen LogP) is 2.88. The van der Waals surface area contributed by atoms with Crippen molar-refractivity contribution in [2.24, 2.45) is 35.0 Å². The van der Waals surface area contributed by atoms with Crippen molar-refractivity contribution in [3.63, 3.8) is 0 Å². The Balaban J connectivity index is 1.13. The van der Waals surface area contributed by atoms with Crippen molar-refractivity contribution < 1.29 is 14.4 Å². The topological polar surface area (TPSA) is 66.5 Å². The summed E-state index contributed by atoms with van der Waals surface area (Å²) in [7, 11) is 0. The Bertz CT molecular complexity index is 599. The normalized spacial score (nSPS) is 42.5. The highest BCUT2D eigenvalue weighted by Crippen LogP contribution is 2.59. The fourth-order valence-electron chi connectivity index (χ4n) is 7.55. The lowest BCUT2D eigenvalue weighted by Crippen LogP contribution is -2.51. The second-order valence-electron chi connectivity index (χ2n) is 10.3. The van der Waals surface area contributed by atoms with Gasteiger partial charge in [0, 0.05) is 19.5 Å². The highest BCUT2D eigenvalue weighted by molar-refractivity contribution is 6.05. The molecular weight excluding hydrogens is 340 g/mol. The number of hydrogen-bond donors (Lipinski definition) is 1. The minimum atomic E-state index is -0.110. The number of imide groups is 1. The minimum absolute atomic E-state index is 0.00113.